The number of hydrogen-bond acceptors (Lipinski definition) is 3. The van der Waals surface area contributed by atoms with Crippen LogP contribution in [0.25, 0.3) is 11.3 Å². The van der Waals surface area contributed by atoms with Crippen LogP contribution in [0.3, 0.4) is 0 Å². The van der Waals surface area contributed by atoms with Gasteiger partial charge in [-0.3, -0.25) is 0 Å². The summed E-state index contributed by atoms with van der Waals surface area (Å²) in [7, 11) is 1.36. The van der Waals surface area contributed by atoms with Gasteiger partial charge in [0.15, 0.2) is 0 Å². The van der Waals surface area contributed by atoms with Crippen molar-refractivity contribution in [3.05, 3.63) is 47.7 Å². The molecule has 0 radical (unpaired) electrons. The van der Waals surface area contributed by atoms with Crippen LogP contribution in [0, 0.1) is 6.92 Å². The van der Waals surface area contributed by atoms with Crippen LogP contribution in [-0.4, -0.2) is 13.1 Å². The van der Waals surface area contributed by atoms with Crippen molar-refractivity contribution in [1.82, 2.24) is 0 Å². The van der Waals surface area contributed by atoms with Gasteiger partial charge in [-0.1, -0.05) is 30.3 Å². The Hall–Kier alpha value is -2.03. The highest BCUT2D eigenvalue weighted by Gasteiger charge is 2.19. The fourth-order valence-electron chi connectivity index (χ4n) is 1.60. The van der Waals surface area contributed by atoms with E-state index in [-0.39, 0.29) is 5.97 Å². The van der Waals surface area contributed by atoms with Crippen LogP contribution in [0.15, 0.2) is 41.0 Å². The molecule has 0 bridgehead atoms. The van der Waals surface area contributed by atoms with Gasteiger partial charge in [0.25, 0.3) is 0 Å². The first kappa shape index (κ1) is 10.5. The van der Waals surface area contributed by atoms with E-state index < -0.39 is 0 Å². The molecular weight excluding hydrogens is 204 g/mol. The summed E-state index contributed by atoms with van der Waals surface area (Å²) in [5.41, 5.74) is 2.15. The predicted molar refractivity (Wildman–Crippen MR) is 60.2 cm³/mol. The van der Waals surface area contributed by atoms with Gasteiger partial charge in [0.1, 0.15) is 11.3 Å². The van der Waals surface area contributed by atoms with Crippen molar-refractivity contribution in [2.45, 2.75) is 6.92 Å². The van der Waals surface area contributed by atoms with Crippen LogP contribution < -0.4 is 0 Å². The number of methoxy groups -OCH3 is 1. The minimum Gasteiger partial charge on any atom is -0.465 e. The maximum absolute atomic E-state index is 11.6. The highest BCUT2D eigenvalue weighted by Crippen LogP contribution is 2.28. The van der Waals surface area contributed by atoms with Crippen molar-refractivity contribution in [1.29, 1.82) is 0 Å². The van der Waals surface area contributed by atoms with E-state index in [1.165, 1.54) is 7.11 Å². The van der Waals surface area contributed by atoms with Crippen molar-refractivity contribution in [3.63, 3.8) is 0 Å². The molecule has 1 aromatic heterocycles. The smallest absolute Gasteiger partial charge is 0.342 e. The molecule has 0 N–H and O–H groups in total. The molecule has 1 heterocycles. The van der Waals surface area contributed by atoms with Crippen LogP contribution in [0.4, 0.5) is 0 Å². The summed E-state index contributed by atoms with van der Waals surface area (Å²) in [6.45, 7) is 1.82. The highest BCUT2D eigenvalue weighted by atomic mass is 16.5. The zero-order valence-corrected chi connectivity index (χ0v) is 9.19. The van der Waals surface area contributed by atoms with Gasteiger partial charge >= 0.3 is 5.97 Å². The molecule has 3 heteroatoms. The molecule has 0 aliphatic rings. The van der Waals surface area contributed by atoms with E-state index in [9.17, 15) is 4.79 Å². The number of carbonyl (C=O) groups is 1. The molecule has 0 atom stereocenters. The van der Waals surface area contributed by atoms with Gasteiger partial charge < -0.3 is 9.15 Å². The van der Waals surface area contributed by atoms with Crippen LogP contribution >= 0.6 is 0 Å². The average Bonchev–Trinajstić information content (AvgIpc) is 2.71. The van der Waals surface area contributed by atoms with E-state index in [0.29, 0.717) is 11.3 Å². The monoisotopic (exact) mass is 216 g/mol. The lowest BCUT2D eigenvalue weighted by atomic mass is 10.1. The van der Waals surface area contributed by atoms with E-state index in [2.05, 4.69) is 0 Å². The van der Waals surface area contributed by atoms with Crippen LogP contribution in [0.2, 0.25) is 0 Å². The minimum atomic E-state index is -0.370. The summed E-state index contributed by atoms with van der Waals surface area (Å²) < 4.78 is 10.1. The summed E-state index contributed by atoms with van der Waals surface area (Å²) in [6, 6.07) is 9.50. The first-order valence-electron chi connectivity index (χ1n) is 4.96. The number of aryl methyl sites for hydroxylation is 1. The van der Waals surface area contributed by atoms with E-state index in [4.69, 9.17) is 9.15 Å². The van der Waals surface area contributed by atoms with Crippen LogP contribution in [-0.2, 0) is 4.74 Å². The lowest BCUT2D eigenvalue weighted by molar-refractivity contribution is 0.0600. The topological polar surface area (TPSA) is 39.4 Å². The molecule has 1 aromatic carbocycles. The minimum absolute atomic E-state index is 0.370. The Kier molecular flexibility index (Phi) is 2.77. The molecule has 0 aliphatic heterocycles. The average molecular weight is 216 g/mol. The maximum Gasteiger partial charge on any atom is 0.342 e. The largest absolute Gasteiger partial charge is 0.465 e. The van der Waals surface area contributed by atoms with Gasteiger partial charge in [-0.05, 0) is 6.92 Å². The number of rotatable bonds is 2. The zero-order valence-electron chi connectivity index (χ0n) is 9.19. The standard InChI is InChI=1S/C13H12O3/c1-9-8-16-12(11(9)13(14)15-2)10-6-4-3-5-7-10/h3-8H,1-2H3. The fourth-order valence-corrected chi connectivity index (χ4v) is 1.60. The molecule has 0 saturated carbocycles. The molecule has 0 unspecified atom stereocenters. The SMILES string of the molecule is COC(=O)c1c(C)coc1-c1ccccc1. The quantitative estimate of drug-likeness (QED) is 0.724. The number of benzene rings is 1. The molecule has 2 rings (SSSR count). The molecule has 3 nitrogen and oxygen atoms in total. The second-order valence-electron chi connectivity index (χ2n) is 3.48. The molecule has 2 aromatic rings. The Morgan fingerprint density at radius 3 is 2.56 bits per heavy atom. The fraction of sp³-hybridized carbons (Fsp3) is 0.154. The molecule has 82 valence electrons. The van der Waals surface area contributed by atoms with E-state index in [1.807, 2.05) is 37.3 Å². The zero-order chi connectivity index (χ0) is 11.5. The summed E-state index contributed by atoms with van der Waals surface area (Å²) >= 11 is 0. The first-order chi connectivity index (χ1) is 7.74. The Bertz CT molecular complexity index is 497. The van der Waals surface area contributed by atoms with Gasteiger partial charge in [-0.15, -0.1) is 0 Å². The Labute approximate surface area is 93.7 Å². The third kappa shape index (κ3) is 1.72. The Morgan fingerprint density at radius 2 is 1.94 bits per heavy atom. The second kappa shape index (κ2) is 4.23. The van der Waals surface area contributed by atoms with Crippen molar-refractivity contribution in [3.8, 4) is 11.3 Å². The van der Waals surface area contributed by atoms with Gasteiger partial charge in [0, 0.05) is 11.1 Å². The normalized spacial score (nSPS) is 10.1. The molecule has 0 saturated heterocycles. The maximum atomic E-state index is 11.6. The molecular formula is C13H12O3. The lowest BCUT2D eigenvalue weighted by Crippen LogP contribution is -2.03. The predicted octanol–water partition coefficient (Wildman–Crippen LogP) is 3.04. The summed E-state index contributed by atoms with van der Waals surface area (Å²) in [4.78, 5) is 11.6. The Morgan fingerprint density at radius 1 is 1.25 bits per heavy atom. The summed E-state index contributed by atoms with van der Waals surface area (Å²) in [5.74, 6) is 0.190. The van der Waals surface area contributed by atoms with Crippen molar-refractivity contribution < 1.29 is 13.9 Å². The van der Waals surface area contributed by atoms with Crippen molar-refractivity contribution in [2.75, 3.05) is 7.11 Å². The van der Waals surface area contributed by atoms with Crippen LogP contribution in [0.5, 0.6) is 0 Å². The number of carbonyl (C=O) groups excluding carboxylic acids is 1. The third-order valence-corrected chi connectivity index (χ3v) is 2.40. The lowest BCUT2D eigenvalue weighted by Gasteiger charge is -2.01. The molecule has 0 fully saturated rings. The van der Waals surface area contributed by atoms with Gasteiger partial charge in [-0.2, -0.15) is 0 Å². The molecule has 0 spiro atoms. The molecule has 16 heavy (non-hydrogen) atoms. The number of ether oxygens (including phenoxy) is 1. The highest BCUT2D eigenvalue weighted by molar-refractivity contribution is 5.97. The summed E-state index contributed by atoms with van der Waals surface area (Å²) in [6.07, 6.45) is 1.56. The van der Waals surface area contributed by atoms with Gasteiger partial charge in [-0.25, -0.2) is 4.79 Å². The number of hydrogen-bond donors (Lipinski definition) is 0. The second-order valence-corrected chi connectivity index (χ2v) is 3.48. The Balaban J connectivity index is 2.55. The van der Waals surface area contributed by atoms with Crippen molar-refractivity contribution >= 4 is 5.97 Å². The number of esters is 1. The summed E-state index contributed by atoms with van der Waals surface area (Å²) in [5, 5.41) is 0. The van der Waals surface area contributed by atoms with E-state index in [0.717, 1.165) is 11.1 Å². The number of furan rings is 1. The first-order valence-corrected chi connectivity index (χ1v) is 4.96. The van der Waals surface area contributed by atoms with Gasteiger partial charge in [0.05, 0.1) is 13.4 Å². The molecule has 0 aliphatic carbocycles. The van der Waals surface area contributed by atoms with Crippen molar-refractivity contribution in [2.24, 2.45) is 0 Å². The van der Waals surface area contributed by atoms with E-state index in [1.54, 1.807) is 6.26 Å². The van der Waals surface area contributed by atoms with E-state index >= 15 is 0 Å². The molecule has 0 amide bonds. The van der Waals surface area contributed by atoms with Gasteiger partial charge in [0.2, 0.25) is 0 Å². The van der Waals surface area contributed by atoms with Crippen LogP contribution in [0.1, 0.15) is 15.9 Å². The third-order valence-electron chi connectivity index (χ3n) is 2.40.